The highest BCUT2D eigenvalue weighted by molar-refractivity contribution is 6.13. The molecule has 1 aliphatic carbocycles. The highest BCUT2D eigenvalue weighted by Gasteiger charge is 2.49. The predicted molar refractivity (Wildman–Crippen MR) is 141 cm³/mol. The molecule has 2 aromatic rings. The molecule has 0 saturated heterocycles. The number of methoxy groups -OCH3 is 2. The number of carbonyl (C=O) groups is 3. The molecule has 0 amide bonds. The second-order valence-corrected chi connectivity index (χ2v) is 9.13. The number of Topliss-reactive ketones (excluding diaryl/α,β-unsaturated/α-hetero) is 1. The van der Waals surface area contributed by atoms with Gasteiger partial charge in [0.1, 0.15) is 17.4 Å². The van der Waals surface area contributed by atoms with E-state index >= 15 is 0 Å². The summed E-state index contributed by atoms with van der Waals surface area (Å²) in [5.74, 6) is -2.73. The number of dihydropyridines is 1. The summed E-state index contributed by atoms with van der Waals surface area (Å²) < 4.78 is 21.8. The number of carbonyl (C=O) groups excluding carboxylic acids is 3. The maximum absolute atomic E-state index is 14.4. The van der Waals surface area contributed by atoms with E-state index in [1.807, 2.05) is 36.4 Å². The lowest BCUT2D eigenvalue weighted by atomic mass is 9.67. The largest absolute Gasteiger partial charge is 0.497 e. The second-order valence-electron chi connectivity index (χ2n) is 9.13. The molecule has 8 heteroatoms. The first-order valence-electron chi connectivity index (χ1n) is 12.7. The Morgan fingerprint density at radius 1 is 0.974 bits per heavy atom. The fourth-order valence-electron chi connectivity index (χ4n) is 5.44. The van der Waals surface area contributed by atoms with Crippen molar-refractivity contribution in [1.29, 1.82) is 0 Å². The molecular formula is C30H33NO7. The number of ether oxygens (including phenoxy) is 4. The minimum atomic E-state index is -1.11. The van der Waals surface area contributed by atoms with Gasteiger partial charge in [-0.3, -0.25) is 9.59 Å². The SMILES string of the molecule is CCOC(=O)C1=C(C)NC2=C(C(=O)[C@@H](C(=O)OCC)[C@H](c3ccccc3OC)C2)[C@@H]1c1cccc(OC)c1. The molecule has 1 heterocycles. The van der Waals surface area contributed by atoms with Crippen LogP contribution in [0.25, 0.3) is 0 Å². The summed E-state index contributed by atoms with van der Waals surface area (Å²) in [5, 5.41) is 3.31. The molecule has 2 aliphatic rings. The van der Waals surface area contributed by atoms with Crippen LogP contribution in [-0.4, -0.2) is 45.2 Å². The first-order chi connectivity index (χ1) is 18.4. The second kappa shape index (κ2) is 11.5. The first kappa shape index (κ1) is 27.0. The molecule has 2 aromatic carbocycles. The predicted octanol–water partition coefficient (Wildman–Crippen LogP) is 4.42. The van der Waals surface area contributed by atoms with Crippen LogP contribution < -0.4 is 14.8 Å². The number of hydrogen-bond donors (Lipinski definition) is 1. The molecule has 1 aliphatic heterocycles. The summed E-state index contributed by atoms with van der Waals surface area (Å²) in [6.07, 6.45) is 0.346. The van der Waals surface area contributed by atoms with E-state index < -0.39 is 35.5 Å². The van der Waals surface area contributed by atoms with Crippen molar-refractivity contribution in [3.05, 3.63) is 82.2 Å². The van der Waals surface area contributed by atoms with Gasteiger partial charge in [-0.2, -0.15) is 0 Å². The average Bonchev–Trinajstić information content (AvgIpc) is 2.92. The van der Waals surface area contributed by atoms with E-state index in [0.717, 1.165) is 5.56 Å². The molecule has 38 heavy (non-hydrogen) atoms. The Morgan fingerprint density at radius 3 is 2.39 bits per heavy atom. The summed E-state index contributed by atoms with van der Waals surface area (Å²) in [6.45, 7) is 5.55. The normalized spacial score (nSPS) is 20.9. The van der Waals surface area contributed by atoms with Crippen LogP contribution in [0.3, 0.4) is 0 Å². The highest BCUT2D eigenvalue weighted by Crippen LogP contribution is 2.49. The molecule has 0 saturated carbocycles. The minimum Gasteiger partial charge on any atom is -0.497 e. The molecular weight excluding hydrogens is 486 g/mol. The Balaban J connectivity index is 1.93. The van der Waals surface area contributed by atoms with E-state index in [-0.39, 0.29) is 13.2 Å². The van der Waals surface area contributed by atoms with Gasteiger partial charge in [0.15, 0.2) is 5.78 Å². The molecule has 8 nitrogen and oxygen atoms in total. The third-order valence-electron chi connectivity index (χ3n) is 7.02. The number of ketones is 1. The summed E-state index contributed by atoms with van der Waals surface area (Å²) in [5.41, 5.74) is 3.36. The Bertz CT molecular complexity index is 1310. The maximum atomic E-state index is 14.4. The van der Waals surface area contributed by atoms with Crippen molar-refractivity contribution in [2.75, 3.05) is 27.4 Å². The van der Waals surface area contributed by atoms with E-state index in [9.17, 15) is 14.4 Å². The van der Waals surface area contributed by atoms with E-state index in [4.69, 9.17) is 18.9 Å². The average molecular weight is 520 g/mol. The fourth-order valence-corrected chi connectivity index (χ4v) is 5.44. The molecule has 200 valence electrons. The molecule has 4 rings (SSSR count). The number of nitrogens with one attached hydrogen (secondary N) is 1. The Labute approximate surface area is 222 Å². The number of hydrogen-bond acceptors (Lipinski definition) is 8. The van der Waals surface area contributed by atoms with Crippen LogP contribution >= 0.6 is 0 Å². The molecule has 0 unspecified atom stereocenters. The van der Waals surface area contributed by atoms with Crippen molar-refractivity contribution in [1.82, 2.24) is 5.32 Å². The van der Waals surface area contributed by atoms with Gasteiger partial charge in [0.25, 0.3) is 0 Å². The van der Waals surface area contributed by atoms with Crippen molar-refractivity contribution in [3.63, 3.8) is 0 Å². The number of esters is 2. The molecule has 0 radical (unpaired) electrons. The van der Waals surface area contributed by atoms with Crippen LogP contribution in [0.15, 0.2) is 71.1 Å². The highest BCUT2D eigenvalue weighted by atomic mass is 16.5. The van der Waals surface area contributed by atoms with E-state index in [0.29, 0.717) is 46.0 Å². The Hall–Kier alpha value is -4.07. The summed E-state index contributed by atoms with van der Waals surface area (Å²) >= 11 is 0. The number of rotatable bonds is 8. The van der Waals surface area contributed by atoms with Gasteiger partial charge in [0, 0.05) is 28.8 Å². The van der Waals surface area contributed by atoms with Crippen molar-refractivity contribution >= 4 is 17.7 Å². The van der Waals surface area contributed by atoms with Crippen LogP contribution in [0.5, 0.6) is 11.5 Å². The van der Waals surface area contributed by atoms with Crippen LogP contribution in [0.4, 0.5) is 0 Å². The Morgan fingerprint density at radius 2 is 1.71 bits per heavy atom. The number of para-hydroxylation sites is 1. The van der Waals surface area contributed by atoms with Gasteiger partial charge in [-0.15, -0.1) is 0 Å². The molecule has 0 bridgehead atoms. The quantitative estimate of drug-likeness (QED) is 0.404. The zero-order valence-electron chi connectivity index (χ0n) is 22.3. The van der Waals surface area contributed by atoms with E-state index in [1.54, 1.807) is 47.1 Å². The van der Waals surface area contributed by atoms with Crippen molar-refractivity contribution in [2.45, 2.75) is 39.0 Å². The first-order valence-corrected chi connectivity index (χ1v) is 12.7. The molecule has 3 atom stereocenters. The summed E-state index contributed by atoms with van der Waals surface area (Å²) in [7, 11) is 3.11. The van der Waals surface area contributed by atoms with Crippen LogP contribution in [0, 0.1) is 5.92 Å². The van der Waals surface area contributed by atoms with Crippen molar-refractivity contribution in [3.8, 4) is 11.5 Å². The van der Waals surface area contributed by atoms with Gasteiger partial charge < -0.3 is 24.3 Å². The van der Waals surface area contributed by atoms with Gasteiger partial charge >= 0.3 is 11.9 Å². The van der Waals surface area contributed by atoms with Crippen molar-refractivity contribution in [2.24, 2.45) is 5.92 Å². The topological polar surface area (TPSA) is 100 Å². The summed E-state index contributed by atoms with van der Waals surface area (Å²) in [4.78, 5) is 40.9. The molecule has 0 aromatic heterocycles. The monoisotopic (exact) mass is 519 g/mol. The molecule has 1 N–H and O–H groups in total. The van der Waals surface area contributed by atoms with Gasteiger partial charge in [0.2, 0.25) is 0 Å². The lowest BCUT2D eigenvalue weighted by molar-refractivity contribution is -0.152. The maximum Gasteiger partial charge on any atom is 0.336 e. The Kier molecular flexibility index (Phi) is 8.20. The third kappa shape index (κ3) is 4.90. The van der Waals surface area contributed by atoms with E-state index in [2.05, 4.69) is 5.32 Å². The number of allylic oxidation sites excluding steroid dienone is 3. The van der Waals surface area contributed by atoms with Crippen LogP contribution in [0.1, 0.15) is 50.2 Å². The standard InChI is InChI=1S/C30H33NO7/c1-6-37-29(33)24-17(3)31-22-16-21(20-13-8-9-14-23(20)36-5)26(30(34)38-7-2)28(32)27(22)25(24)18-11-10-12-19(15-18)35-4/h8-15,21,25-26,31H,6-7,16H2,1-5H3/t21-,25+,26-/m0/s1. The number of benzene rings is 2. The smallest absolute Gasteiger partial charge is 0.336 e. The van der Waals surface area contributed by atoms with Crippen LogP contribution in [0.2, 0.25) is 0 Å². The lowest BCUT2D eigenvalue weighted by Crippen LogP contribution is -2.43. The third-order valence-corrected chi connectivity index (χ3v) is 7.02. The summed E-state index contributed by atoms with van der Waals surface area (Å²) in [6, 6.07) is 14.6. The van der Waals surface area contributed by atoms with E-state index in [1.165, 1.54) is 0 Å². The van der Waals surface area contributed by atoms with Gasteiger partial charge in [-0.05, 0) is 56.5 Å². The molecule has 0 spiro atoms. The van der Waals surface area contributed by atoms with Gasteiger partial charge in [-0.25, -0.2) is 4.79 Å². The zero-order valence-corrected chi connectivity index (χ0v) is 22.3. The van der Waals surface area contributed by atoms with Gasteiger partial charge in [0.05, 0.1) is 33.0 Å². The fraction of sp³-hybridized carbons (Fsp3) is 0.367. The zero-order chi connectivity index (χ0) is 27.4. The van der Waals surface area contributed by atoms with Crippen LogP contribution in [-0.2, 0) is 23.9 Å². The van der Waals surface area contributed by atoms with Crippen molar-refractivity contribution < 1.29 is 33.3 Å². The lowest BCUT2D eigenvalue weighted by Gasteiger charge is -2.39. The minimum absolute atomic E-state index is 0.137. The van der Waals surface area contributed by atoms with Gasteiger partial charge in [-0.1, -0.05) is 30.3 Å². The molecule has 0 fully saturated rings.